The molecule has 0 saturated heterocycles. The number of benzene rings is 1. The number of pyridine rings is 1. The van der Waals surface area contributed by atoms with Gasteiger partial charge in [-0.15, -0.1) is 0 Å². The van der Waals surface area contributed by atoms with Gasteiger partial charge in [-0.05, 0) is 29.7 Å². The number of carbonyl (C=O) groups excluding carboxylic acids is 1. The van der Waals surface area contributed by atoms with E-state index in [2.05, 4.69) is 11.6 Å². The lowest BCUT2D eigenvalue weighted by Crippen LogP contribution is -2.40. The Hall–Kier alpha value is -2.96. The molecule has 1 atom stereocenters. The zero-order valence-electron chi connectivity index (χ0n) is 17.7. The minimum absolute atomic E-state index is 0.0650. The Morgan fingerprint density at radius 2 is 1.97 bits per heavy atom. The maximum atomic E-state index is 13.5. The molecule has 3 aromatic rings. The molecule has 0 aliphatic rings. The van der Waals surface area contributed by atoms with Crippen molar-refractivity contribution in [3.05, 3.63) is 87.4 Å². The molecule has 0 radical (unpaired) electrons. The second-order valence-electron chi connectivity index (χ2n) is 7.64. The van der Waals surface area contributed by atoms with Crippen molar-refractivity contribution in [3.8, 4) is 0 Å². The molecule has 1 unspecified atom stereocenters. The van der Waals surface area contributed by atoms with Crippen LogP contribution < -0.4 is 11.2 Å². The normalized spacial score (nSPS) is 12.2. The van der Waals surface area contributed by atoms with E-state index in [1.807, 2.05) is 44.2 Å². The summed E-state index contributed by atoms with van der Waals surface area (Å²) in [5, 5.41) is 0.571. The largest absolute Gasteiger partial charge is 0.440 e. The average molecular weight is 440 g/mol. The van der Waals surface area contributed by atoms with Crippen molar-refractivity contribution in [2.24, 2.45) is 11.7 Å². The van der Waals surface area contributed by atoms with E-state index in [1.165, 1.54) is 6.08 Å². The van der Waals surface area contributed by atoms with Gasteiger partial charge in [0.1, 0.15) is 10.9 Å². The molecule has 0 aliphatic carbocycles. The molecule has 2 aromatic heterocycles. The van der Waals surface area contributed by atoms with Gasteiger partial charge < -0.3 is 15.1 Å². The molecule has 0 saturated carbocycles. The number of carbonyl (C=O) groups is 1. The van der Waals surface area contributed by atoms with Gasteiger partial charge in [-0.2, -0.15) is 0 Å². The van der Waals surface area contributed by atoms with Crippen LogP contribution in [0.4, 0.5) is 0 Å². The van der Waals surface area contributed by atoms with Gasteiger partial charge in [0.25, 0.3) is 0 Å². The summed E-state index contributed by atoms with van der Waals surface area (Å²) in [5.74, 6) is 0.0520. The van der Waals surface area contributed by atoms with Crippen LogP contribution in [-0.4, -0.2) is 28.9 Å². The predicted molar refractivity (Wildman–Crippen MR) is 123 cm³/mol. The van der Waals surface area contributed by atoms with Gasteiger partial charge >= 0.3 is 0 Å². The van der Waals surface area contributed by atoms with Crippen molar-refractivity contribution >= 4 is 28.6 Å². The van der Waals surface area contributed by atoms with Crippen LogP contribution in [-0.2, 0) is 11.2 Å². The van der Waals surface area contributed by atoms with Crippen LogP contribution >= 0.6 is 11.6 Å². The Morgan fingerprint density at radius 1 is 1.26 bits per heavy atom. The summed E-state index contributed by atoms with van der Waals surface area (Å²) in [6, 6.07) is 12.3. The van der Waals surface area contributed by atoms with E-state index >= 15 is 0 Å². The van der Waals surface area contributed by atoms with E-state index in [0.29, 0.717) is 29.7 Å². The van der Waals surface area contributed by atoms with Crippen LogP contribution in [0.25, 0.3) is 11.1 Å². The molecule has 1 aromatic carbocycles. The van der Waals surface area contributed by atoms with E-state index in [1.54, 1.807) is 17.0 Å². The fraction of sp³-hybridized carbons (Fsp3) is 0.292. The molecule has 0 aliphatic heterocycles. The molecule has 162 valence electrons. The Bertz CT molecular complexity index is 1140. The molecule has 6 nitrogen and oxygen atoms in total. The highest BCUT2D eigenvalue weighted by atomic mass is 35.5. The van der Waals surface area contributed by atoms with E-state index < -0.39 is 6.04 Å². The fourth-order valence-corrected chi connectivity index (χ4v) is 3.90. The van der Waals surface area contributed by atoms with Crippen LogP contribution in [0.2, 0.25) is 5.15 Å². The summed E-state index contributed by atoms with van der Waals surface area (Å²) >= 11 is 6.05. The van der Waals surface area contributed by atoms with Crippen LogP contribution in [0.5, 0.6) is 0 Å². The first kappa shape index (κ1) is 22.7. The summed E-state index contributed by atoms with van der Waals surface area (Å²) in [4.78, 5) is 32.0. The summed E-state index contributed by atoms with van der Waals surface area (Å²) in [6.45, 7) is 8.10. The zero-order chi connectivity index (χ0) is 22.5. The van der Waals surface area contributed by atoms with Gasteiger partial charge in [0.2, 0.25) is 11.6 Å². The van der Waals surface area contributed by atoms with Crippen LogP contribution in [0.1, 0.15) is 36.8 Å². The number of amides is 1. The van der Waals surface area contributed by atoms with Crippen LogP contribution in [0, 0.1) is 5.92 Å². The number of aromatic nitrogens is 1. The van der Waals surface area contributed by atoms with Crippen molar-refractivity contribution in [1.82, 2.24) is 9.88 Å². The summed E-state index contributed by atoms with van der Waals surface area (Å²) in [7, 11) is 0. The first-order chi connectivity index (χ1) is 14.9. The molecule has 7 heteroatoms. The van der Waals surface area contributed by atoms with E-state index in [-0.39, 0.29) is 34.7 Å². The lowest BCUT2D eigenvalue weighted by atomic mass is 9.92. The van der Waals surface area contributed by atoms with Gasteiger partial charge in [0.15, 0.2) is 5.43 Å². The van der Waals surface area contributed by atoms with Gasteiger partial charge in [-0.25, -0.2) is 4.98 Å². The van der Waals surface area contributed by atoms with Crippen molar-refractivity contribution in [3.63, 3.8) is 0 Å². The van der Waals surface area contributed by atoms with Crippen molar-refractivity contribution in [2.75, 3.05) is 13.1 Å². The first-order valence-corrected chi connectivity index (χ1v) is 10.5. The average Bonchev–Trinajstić information content (AvgIpc) is 2.75. The van der Waals surface area contributed by atoms with E-state index in [4.69, 9.17) is 21.8 Å². The molecular weight excluding hydrogens is 414 g/mol. The number of hydrogen-bond donors (Lipinski definition) is 1. The maximum absolute atomic E-state index is 13.5. The second kappa shape index (κ2) is 9.90. The van der Waals surface area contributed by atoms with Crippen LogP contribution in [0.3, 0.4) is 0 Å². The summed E-state index contributed by atoms with van der Waals surface area (Å²) < 4.78 is 6.21. The number of halogens is 1. The number of hydrogen-bond acceptors (Lipinski definition) is 5. The molecule has 0 spiro atoms. The van der Waals surface area contributed by atoms with Crippen molar-refractivity contribution < 1.29 is 9.21 Å². The number of fused-ring (bicyclic) bond motifs is 1. The first-order valence-electron chi connectivity index (χ1n) is 10.2. The van der Waals surface area contributed by atoms with Gasteiger partial charge in [-0.3, -0.25) is 9.59 Å². The topological polar surface area (TPSA) is 89.4 Å². The Morgan fingerprint density at radius 3 is 2.58 bits per heavy atom. The molecule has 0 bridgehead atoms. The van der Waals surface area contributed by atoms with Gasteiger partial charge in [0.05, 0.1) is 11.4 Å². The molecule has 31 heavy (non-hydrogen) atoms. The predicted octanol–water partition coefficient (Wildman–Crippen LogP) is 4.10. The van der Waals surface area contributed by atoms with Crippen molar-refractivity contribution in [1.29, 1.82) is 0 Å². The van der Waals surface area contributed by atoms with Crippen LogP contribution in [0.15, 0.2) is 64.3 Å². The number of rotatable bonds is 8. The van der Waals surface area contributed by atoms with Gasteiger partial charge in [0, 0.05) is 25.1 Å². The van der Waals surface area contributed by atoms with E-state index in [9.17, 15) is 9.59 Å². The molecule has 2 N–H and O–H groups in total. The molecule has 0 fully saturated rings. The number of nitrogens with zero attached hydrogens (tertiary/aromatic N) is 2. The summed E-state index contributed by atoms with van der Waals surface area (Å²) in [5.41, 5.74) is 7.20. The SMILES string of the molecule is C=CC(=O)N(CCN)C(c1oc2nc(Cl)ccc2c(=O)c1Cc1ccccc1)C(C)C. The summed E-state index contributed by atoms with van der Waals surface area (Å²) in [6.07, 6.45) is 1.61. The quantitative estimate of drug-likeness (QED) is 0.421. The molecule has 1 amide bonds. The third-order valence-electron chi connectivity index (χ3n) is 5.14. The lowest BCUT2D eigenvalue weighted by molar-refractivity contribution is -0.129. The Kier molecular flexibility index (Phi) is 7.25. The highest BCUT2D eigenvalue weighted by Crippen LogP contribution is 2.33. The maximum Gasteiger partial charge on any atom is 0.246 e. The van der Waals surface area contributed by atoms with Gasteiger partial charge in [-0.1, -0.05) is 62.4 Å². The highest BCUT2D eigenvalue weighted by molar-refractivity contribution is 6.29. The molecule has 2 heterocycles. The minimum Gasteiger partial charge on any atom is -0.440 e. The minimum atomic E-state index is -0.523. The highest BCUT2D eigenvalue weighted by Gasteiger charge is 2.32. The number of nitrogens with two attached hydrogens (primary N) is 1. The smallest absolute Gasteiger partial charge is 0.246 e. The zero-order valence-corrected chi connectivity index (χ0v) is 18.4. The molecular formula is C24H26ClN3O3. The monoisotopic (exact) mass is 439 g/mol. The Labute approximate surface area is 186 Å². The third-order valence-corrected chi connectivity index (χ3v) is 5.35. The third kappa shape index (κ3) is 4.86. The fourth-order valence-electron chi connectivity index (χ4n) is 3.76. The van der Waals surface area contributed by atoms with Crippen molar-refractivity contribution in [2.45, 2.75) is 26.3 Å². The standard InChI is InChI=1S/C24H26ClN3O3/c1-4-20(29)28(13-12-26)21(15(2)3)23-18(14-16-8-6-5-7-9-16)22(30)17-10-11-19(25)27-24(17)31-23/h4-11,15,21H,1,12-14,26H2,2-3H3. The van der Waals surface area contributed by atoms with E-state index in [0.717, 1.165) is 5.56 Å². The Balaban J connectivity index is 2.30. The second-order valence-corrected chi connectivity index (χ2v) is 8.02. The molecule has 3 rings (SSSR count). The lowest BCUT2D eigenvalue weighted by Gasteiger charge is -2.33.